The van der Waals surface area contributed by atoms with Crippen molar-refractivity contribution in [2.24, 2.45) is 0 Å². The number of aromatic hydroxyl groups is 1. The second kappa shape index (κ2) is 11.4. The molecule has 1 saturated heterocycles. The van der Waals surface area contributed by atoms with E-state index >= 15 is 0 Å². The molecule has 192 valence electrons. The number of amides is 3. The third-order valence-electron chi connectivity index (χ3n) is 6.18. The smallest absolute Gasteiger partial charge is 0.259 e. The summed E-state index contributed by atoms with van der Waals surface area (Å²) in [5.74, 6) is -1.18. The molecule has 1 unspecified atom stereocenters. The van der Waals surface area contributed by atoms with Crippen molar-refractivity contribution < 1.29 is 19.5 Å². The van der Waals surface area contributed by atoms with E-state index in [1.54, 1.807) is 36.4 Å². The Labute approximate surface area is 220 Å². The fourth-order valence-corrected chi connectivity index (χ4v) is 4.25. The van der Waals surface area contributed by atoms with Gasteiger partial charge in [0.2, 0.25) is 5.91 Å². The second-order valence-corrected chi connectivity index (χ2v) is 9.50. The van der Waals surface area contributed by atoms with E-state index in [4.69, 9.17) is 11.6 Å². The van der Waals surface area contributed by atoms with Crippen LogP contribution in [0.2, 0.25) is 5.02 Å². The van der Waals surface area contributed by atoms with Gasteiger partial charge in [0.25, 0.3) is 11.8 Å². The zero-order valence-electron chi connectivity index (χ0n) is 20.6. The monoisotopic (exact) mass is 521 g/mol. The minimum atomic E-state index is -0.560. The lowest BCUT2D eigenvalue weighted by molar-refractivity contribution is -0.129. The van der Waals surface area contributed by atoms with Crippen LogP contribution >= 0.6 is 11.6 Å². The maximum absolute atomic E-state index is 13.0. The normalized spacial score (nSPS) is 15.2. The molecule has 1 aliphatic heterocycles. The Morgan fingerprint density at radius 3 is 2.51 bits per heavy atom. The summed E-state index contributed by atoms with van der Waals surface area (Å²) < 4.78 is 0. The molecule has 37 heavy (non-hydrogen) atoms. The predicted molar refractivity (Wildman–Crippen MR) is 142 cm³/mol. The molecule has 0 spiro atoms. The third-order valence-corrected chi connectivity index (χ3v) is 6.41. The number of nitrogens with one attached hydrogen (secondary N) is 2. The minimum absolute atomic E-state index is 0.0226. The maximum Gasteiger partial charge on any atom is 0.259 e. The van der Waals surface area contributed by atoms with Gasteiger partial charge in [-0.3, -0.25) is 14.4 Å². The Kier molecular flexibility index (Phi) is 8.05. The highest BCUT2D eigenvalue weighted by atomic mass is 35.5. The van der Waals surface area contributed by atoms with E-state index in [0.29, 0.717) is 23.7 Å². The van der Waals surface area contributed by atoms with Crippen LogP contribution in [0.3, 0.4) is 0 Å². The molecule has 1 fully saturated rings. The predicted octanol–water partition coefficient (Wildman–Crippen LogP) is 3.82. The molecule has 0 aliphatic carbocycles. The summed E-state index contributed by atoms with van der Waals surface area (Å²) in [5, 5.41) is 16.1. The summed E-state index contributed by atoms with van der Waals surface area (Å²) in [7, 11) is 3.95. The van der Waals surface area contributed by atoms with Crippen molar-refractivity contribution in [1.82, 2.24) is 14.8 Å². The van der Waals surface area contributed by atoms with Gasteiger partial charge in [0.1, 0.15) is 11.6 Å². The van der Waals surface area contributed by atoms with Crippen LogP contribution in [0.1, 0.15) is 38.6 Å². The molecule has 9 nitrogen and oxygen atoms in total. The number of halogens is 1. The molecule has 0 radical (unpaired) electrons. The number of nitrogens with zero attached hydrogens (tertiary/aromatic N) is 3. The number of hydrogen-bond donors (Lipinski definition) is 3. The van der Waals surface area contributed by atoms with E-state index in [9.17, 15) is 19.5 Å². The molecule has 2 aromatic carbocycles. The summed E-state index contributed by atoms with van der Waals surface area (Å²) in [6.07, 6.45) is 2.13. The van der Waals surface area contributed by atoms with Crippen molar-refractivity contribution in [1.29, 1.82) is 0 Å². The van der Waals surface area contributed by atoms with E-state index in [-0.39, 0.29) is 34.6 Å². The molecule has 4 rings (SSSR count). The van der Waals surface area contributed by atoms with Gasteiger partial charge in [-0.05, 0) is 62.5 Å². The van der Waals surface area contributed by atoms with Crippen molar-refractivity contribution >= 4 is 40.8 Å². The molecule has 1 atom stereocenters. The number of carbonyl (C=O) groups excluding carboxylic acids is 3. The topological polar surface area (TPSA) is 115 Å². The number of phenolic OH excluding ortho intramolecular Hbond substituents is 1. The van der Waals surface area contributed by atoms with Gasteiger partial charge < -0.3 is 25.5 Å². The molecule has 3 amide bonds. The number of para-hydroxylation sites is 1. The molecule has 3 N–H and O–H groups in total. The largest absolute Gasteiger partial charge is 0.506 e. The Bertz CT molecular complexity index is 1300. The van der Waals surface area contributed by atoms with E-state index < -0.39 is 11.8 Å². The molecular weight excluding hydrogens is 494 g/mol. The summed E-state index contributed by atoms with van der Waals surface area (Å²) in [4.78, 5) is 46.6. The number of carbonyl (C=O) groups is 3. The first-order valence-corrected chi connectivity index (χ1v) is 12.2. The molecule has 1 aliphatic rings. The van der Waals surface area contributed by atoms with Crippen LogP contribution in [0.25, 0.3) is 0 Å². The molecule has 3 aromatic rings. The van der Waals surface area contributed by atoms with Gasteiger partial charge in [0.15, 0.2) is 0 Å². The van der Waals surface area contributed by atoms with Crippen LogP contribution < -0.4 is 10.6 Å². The number of rotatable bonds is 8. The van der Waals surface area contributed by atoms with Crippen LogP contribution in [0.5, 0.6) is 5.75 Å². The van der Waals surface area contributed by atoms with Gasteiger partial charge in [-0.1, -0.05) is 29.8 Å². The third kappa shape index (κ3) is 6.25. The van der Waals surface area contributed by atoms with Crippen LogP contribution in [-0.2, 0) is 4.79 Å². The van der Waals surface area contributed by atoms with Gasteiger partial charge >= 0.3 is 0 Å². The Hall–Kier alpha value is -3.95. The Morgan fingerprint density at radius 2 is 1.84 bits per heavy atom. The zero-order valence-corrected chi connectivity index (χ0v) is 21.3. The SMILES string of the molecule is CN(C)CCN1CCC(c2ccc(C(=O)Nc3c(O)cccc3C(=O)Nc3ccc(Cl)cn3)cc2)C1=O. The van der Waals surface area contributed by atoms with Crippen LogP contribution in [0.4, 0.5) is 11.5 Å². The van der Waals surface area contributed by atoms with Crippen molar-refractivity contribution in [2.45, 2.75) is 12.3 Å². The van der Waals surface area contributed by atoms with Crippen LogP contribution in [0, 0.1) is 0 Å². The number of anilines is 2. The lowest BCUT2D eigenvalue weighted by Crippen LogP contribution is -2.33. The number of hydrogen-bond acceptors (Lipinski definition) is 6. The average molecular weight is 522 g/mol. The van der Waals surface area contributed by atoms with Crippen molar-refractivity contribution in [3.63, 3.8) is 0 Å². The first-order valence-electron chi connectivity index (χ1n) is 11.8. The summed E-state index contributed by atoms with van der Waals surface area (Å²) in [5.41, 5.74) is 1.22. The first kappa shape index (κ1) is 26.1. The van der Waals surface area contributed by atoms with E-state index in [2.05, 4.69) is 15.6 Å². The summed E-state index contributed by atoms with van der Waals surface area (Å²) in [6.45, 7) is 2.21. The lowest BCUT2D eigenvalue weighted by atomic mass is 9.96. The number of likely N-dealkylation sites (tertiary alicyclic amines) is 1. The van der Waals surface area contributed by atoms with E-state index in [1.165, 1.54) is 24.4 Å². The number of benzene rings is 2. The quantitative estimate of drug-likeness (QED) is 0.388. The highest BCUT2D eigenvalue weighted by Crippen LogP contribution is 2.30. The van der Waals surface area contributed by atoms with Gasteiger partial charge in [-0.2, -0.15) is 0 Å². The van der Waals surface area contributed by atoms with E-state index in [1.807, 2.05) is 23.9 Å². The number of pyridine rings is 1. The molecule has 1 aromatic heterocycles. The summed E-state index contributed by atoms with van der Waals surface area (Å²) in [6, 6.07) is 14.3. The van der Waals surface area contributed by atoms with Crippen LogP contribution in [-0.4, -0.2) is 71.3 Å². The zero-order chi connectivity index (χ0) is 26.5. The maximum atomic E-state index is 13.0. The number of likely N-dealkylation sites (N-methyl/N-ethyl adjacent to an activating group) is 1. The second-order valence-electron chi connectivity index (χ2n) is 9.06. The number of phenols is 1. The fourth-order valence-electron chi connectivity index (χ4n) is 4.14. The first-order chi connectivity index (χ1) is 17.7. The molecule has 0 saturated carbocycles. The average Bonchev–Trinajstić information content (AvgIpc) is 3.25. The standard InChI is InChI=1S/C27H28ClN5O4/c1-32(2)14-15-33-13-12-20(27(33)37)17-6-8-18(9-7-17)25(35)31-24-21(4-3-5-22(24)34)26(36)30-23-11-10-19(28)16-29-23/h3-11,16,20,34H,12-15H2,1-2H3,(H,31,35)(H,29,30,36). The molecular formula is C27H28ClN5O4. The van der Waals surface area contributed by atoms with Crippen molar-refractivity contribution in [3.8, 4) is 5.75 Å². The Morgan fingerprint density at radius 1 is 1.08 bits per heavy atom. The summed E-state index contributed by atoms with van der Waals surface area (Å²) >= 11 is 5.83. The van der Waals surface area contributed by atoms with Gasteiger partial charge in [0, 0.05) is 31.4 Å². The number of aromatic nitrogens is 1. The minimum Gasteiger partial charge on any atom is -0.506 e. The van der Waals surface area contributed by atoms with Crippen LogP contribution in [0.15, 0.2) is 60.8 Å². The van der Waals surface area contributed by atoms with Crippen molar-refractivity contribution in [3.05, 3.63) is 82.5 Å². The van der Waals surface area contributed by atoms with Gasteiger partial charge in [-0.25, -0.2) is 4.98 Å². The molecule has 10 heteroatoms. The fraction of sp³-hybridized carbons (Fsp3) is 0.259. The highest BCUT2D eigenvalue weighted by Gasteiger charge is 2.32. The lowest BCUT2D eigenvalue weighted by Gasteiger charge is -2.19. The van der Waals surface area contributed by atoms with E-state index in [0.717, 1.165) is 18.5 Å². The van der Waals surface area contributed by atoms with Gasteiger partial charge in [-0.15, -0.1) is 0 Å². The molecule has 2 heterocycles. The van der Waals surface area contributed by atoms with Gasteiger partial charge in [0.05, 0.1) is 22.2 Å². The van der Waals surface area contributed by atoms with Crippen molar-refractivity contribution in [2.75, 3.05) is 44.4 Å². The molecule has 0 bridgehead atoms. The highest BCUT2D eigenvalue weighted by molar-refractivity contribution is 6.30. The Balaban J connectivity index is 1.45.